The molecule has 0 aromatic heterocycles. The highest BCUT2D eigenvalue weighted by Crippen LogP contribution is 2.11. The summed E-state index contributed by atoms with van der Waals surface area (Å²) in [6.07, 6.45) is -0.179. The van der Waals surface area contributed by atoms with Crippen molar-refractivity contribution in [1.82, 2.24) is 10.6 Å². The lowest BCUT2D eigenvalue weighted by atomic mass is 10.1. The first-order valence-corrected chi connectivity index (χ1v) is 8.69. The topological polar surface area (TPSA) is 67.4 Å². The first-order valence-electron chi connectivity index (χ1n) is 7.61. The lowest BCUT2D eigenvalue weighted by molar-refractivity contribution is -0.123. The highest BCUT2D eigenvalue weighted by Gasteiger charge is 2.25. The summed E-state index contributed by atoms with van der Waals surface area (Å²) in [6.45, 7) is 9.12. The van der Waals surface area contributed by atoms with E-state index in [1.165, 1.54) is 0 Å². The van der Waals surface area contributed by atoms with Crippen LogP contribution in [-0.2, 0) is 16.0 Å². The molecule has 0 aliphatic carbocycles. The molecule has 5 nitrogen and oxygen atoms in total. The number of ether oxygens (including phenoxy) is 1. The SMILES string of the molecule is CC(C)NC(=O)C(Cc1ccc(I)cc1)NC(=O)OC(C)(C)C. The van der Waals surface area contributed by atoms with Gasteiger partial charge in [0.25, 0.3) is 0 Å². The van der Waals surface area contributed by atoms with Crippen LogP contribution in [0.4, 0.5) is 4.79 Å². The van der Waals surface area contributed by atoms with Gasteiger partial charge in [0.15, 0.2) is 0 Å². The van der Waals surface area contributed by atoms with Crippen LogP contribution in [0.15, 0.2) is 24.3 Å². The van der Waals surface area contributed by atoms with Crippen LogP contribution in [0.25, 0.3) is 0 Å². The minimum Gasteiger partial charge on any atom is -0.444 e. The maximum absolute atomic E-state index is 12.3. The molecule has 1 unspecified atom stereocenters. The summed E-state index contributed by atoms with van der Waals surface area (Å²) in [5.41, 5.74) is 0.372. The molecule has 0 aliphatic rings. The third-order valence-electron chi connectivity index (χ3n) is 2.79. The van der Waals surface area contributed by atoms with Gasteiger partial charge in [0.2, 0.25) is 5.91 Å². The third-order valence-corrected chi connectivity index (χ3v) is 3.51. The Hall–Kier alpha value is -1.31. The number of nitrogens with one attached hydrogen (secondary N) is 2. The van der Waals surface area contributed by atoms with Crippen molar-refractivity contribution in [3.63, 3.8) is 0 Å². The van der Waals surface area contributed by atoms with Crippen LogP contribution in [0.3, 0.4) is 0 Å². The van der Waals surface area contributed by atoms with Crippen molar-refractivity contribution in [3.8, 4) is 0 Å². The smallest absolute Gasteiger partial charge is 0.408 e. The van der Waals surface area contributed by atoms with Gasteiger partial charge in [0.1, 0.15) is 11.6 Å². The number of carbonyl (C=O) groups is 2. The first-order chi connectivity index (χ1) is 10.6. The molecule has 1 aromatic carbocycles. The molecule has 0 aliphatic heterocycles. The van der Waals surface area contributed by atoms with E-state index >= 15 is 0 Å². The van der Waals surface area contributed by atoms with E-state index in [1.807, 2.05) is 38.1 Å². The Morgan fingerprint density at radius 1 is 1.13 bits per heavy atom. The van der Waals surface area contributed by atoms with Gasteiger partial charge in [-0.05, 0) is 74.9 Å². The molecule has 1 aromatic rings. The fraction of sp³-hybridized carbons (Fsp3) is 0.529. The number of carbonyl (C=O) groups excluding carboxylic acids is 2. The number of hydrogen-bond donors (Lipinski definition) is 2. The zero-order valence-corrected chi connectivity index (χ0v) is 16.4. The number of rotatable bonds is 5. The Bertz CT molecular complexity index is 536. The molecule has 0 saturated heterocycles. The minimum atomic E-state index is -0.674. The van der Waals surface area contributed by atoms with E-state index in [4.69, 9.17) is 4.74 Å². The second-order valence-corrected chi connectivity index (χ2v) is 7.94. The minimum absolute atomic E-state index is 0.00200. The third kappa shape index (κ3) is 8.20. The van der Waals surface area contributed by atoms with Crippen molar-refractivity contribution in [3.05, 3.63) is 33.4 Å². The number of benzene rings is 1. The largest absolute Gasteiger partial charge is 0.444 e. The standard InChI is InChI=1S/C17H25IN2O3/c1-11(2)19-15(21)14(20-16(22)23-17(3,4)5)10-12-6-8-13(18)9-7-12/h6-9,11,14H,10H2,1-5H3,(H,19,21)(H,20,22). The molecule has 6 heteroatoms. The zero-order chi connectivity index (χ0) is 17.6. The van der Waals surface area contributed by atoms with Gasteiger partial charge in [0.05, 0.1) is 0 Å². The average molecular weight is 432 g/mol. The summed E-state index contributed by atoms with van der Waals surface area (Å²) < 4.78 is 6.37. The summed E-state index contributed by atoms with van der Waals surface area (Å²) in [4.78, 5) is 24.3. The van der Waals surface area contributed by atoms with Crippen LogP contribution < -0.4 is 10.6 Å². The molecule has 1 rings (SSSR count). The Labute approximate surface area is 151 Å². The highest BCUT2D eigenvalue weighted by atomic mass is 127. The molecule has 23 heavy (non-hydrogen) atoms. The van der Waals surface area contributed by atoms with Gasteiger partial charge in [-0.3, -0.25) is 4.79 Å². The van der Waals surface area contributed by atoms with Crippen molar-refractivity contribution in [2.75, 3.05) is 0 Å². The lowest BCUT2D eigenvalue weighted by Crippen LogP contribution is -2.50. The first kappa shape index (κ1) is 19.7. The molecular formula is C17H25IN2O3. The number of halogens is 1. The molecule has 0 fully saturated rings. The summed E-state index contributed by atoms with van der Waals surface area (Å²) >= 11 is 2.23. The van der Waals surface area contributed by atoms with Gasteiger partial charge in [-0.2, -0.15) is 0 Å². The maximum Gasteiger partial charge on any atom is 0.408 e. The summed E-state index contributed by atoms with van der Waals surface area (Å²) in [5, 5.41) is 5.50. The fourth-order valence-corrected chi connectivity index (χ4v) is 2.26. The predicted molar refractivity (Wildman–Crippen MR) is 99.3 cm³/mol. The van der Waals surface area contributed by atoms with Gasteiger partial charge in [-0.15, -0.1) is 0 Å². The normalized spacial score (nSPS) is 12.7. The van der Waals surface area contributed by atoms with E-state index in [-0.39, 0.29) is 11.9 Å². The van der Waals surface area contributed by atoms with Crippen LogP contribution in [0.1, 0.15) is 40.2 Å². The molecule has 0 radical (unpaired) electrons. The van der Waals surface area contributed by atoms with E-state index in [2.05, 4.69) is 33.2 Å². The van der Waals surface area contributed by atoms with Crippen molar-refractivity contribution in [2.45, 2.75) is 58.7 Å². The van der Waals surface area contributed by atoms with Gasteiger partial charge in [0, 0.05) is 16.0 Å². The number of hydrogen-bond acceptors (Lipinski definition) is 3. The molecule has 128 valence electrons. The van der Waals surface area contributed by atoms with Crippen molar-refractivity contribution >= 4 is 34.6 Å². The highest BCUT2D eigenvalue weighted by molar-refractivity contribution is 14.1. The predicted octanol–water partition coefficient (Wildman–Crippen LogP) is 3.25. The maximum atomic E-state index is 12.3. The molecule has 2 N–H and O–H groups in total. The zero-order valence-electron chi connectivity index (χ0n) is 14.3. The second kappa shape index (κ2) is 8.52. The molecule has 0 spiro atoms. The monoisotopic (exact) mass is 432 g/mol. The molecule has 1 atom stereocenters. The van der Waals surface area contributed by atoms with Crippen LogP contribution in [0.5, 0.6) is 0 Å². The van der Waals surface area contributed by atoms with Crippen LogP contribution in [0, 0.1) is 3.57 Å². The van der Waals surface area contributed by atoms with Gasteiger partial charge in [-0.25, -0.2) is 4.79 Å². The van der Waals surface area contributed by atoms with Crippen molar-refractivity contribution < 1.29 is 14.3 Å². The summed E-state index contributed by atoms with van der Waals surface area (Å²) in [6, 6.07) is 7.18. The van der Waals surface area contributed by atoms with Gasteiger partial charge in [-0.1, -0.05) is 12.1 Å². The summed E-state index contributed by atoms with van der Waals surface area (Å²) in [5.74, 6) is -0.218. The molecule has 0 saturated carbocycles. The van der Waals surface area contributed by atoms with E-state index in [0.717, 1.165) is 9.13 Å². The molecule has 0 bridgehead atoms. The van der Waals surface area contributed by atoms with E-state index in [1.54, 1.807) is 20.8 Å². The van der Waals surface area contributed by atoms with Crippen LogP contribution in [0.2, 0.25) is 0 Å². The van der Waals surface area contributed by atoms with Crippen LogP contribution in [-0.4, -0.2) is 29.7 Å². The number of amides is 2. The lowest BCUT2D eigenvalue weighted by Gasteiger charge is -2.24. The molecular weight excluding hydrogens is 407 g/mol. The fourth-order valence-electron chi connectivity index (χ4n) is 1.90. The molecule has 0 heterocycles. The van der Waals surface area contributed by atoms with Gasteiger partial charge < -0.3 is 15.4 Å². The Morgan fingerprint density at radius 2 is 1.70 bits per heavy atom. The van der Waals surface area contributed by atoms with E-state index in [9.17, 15) is 9.59 Å². The van der Waals surface area contributed by atoms with E-state index in [0.29, 0.717) is 6.42 Å². The Balaban J connectivity index is 2.82. The summed E-state index contributed by atoms with van der Waals surface area (Å²) in [7, 11) is 0. The Morgan fingerprint density at radius 3 is 2.17 bits per heavy atom. The second-order valence-electron chi connectivity index (χ2n) is 6.69. The van der Waals surface area contributed by atoms with Gasteiger partial charge >= 0.3 is 6.09 Å². The van der Waals surface area contributed by atoms with Crippen LogP contribution >= 0.6 is 22.6 Å². The quantitative estimate of drug-likeness (QED) is 0.703. The Kier molecular flexibility index (Phi) is 7.31. The average Bonchev–Trinajstić information content (AvgIpc) is 2.37. The molecule has 2 amide bonds. The van der Waals surface area contributed by atoms with Crippen molar-refractivity contribution in [1.29, 1.82) is 0 Å². The van der Waals surface area contributed by atoms with Crippen molar-refractivity contribution in [2.24, 2.45) is 0 Å². The van der Waals surface area contributed by atoms with E-state index < -0.39 is 17.7 Å². The number of alkyl carbamates (subject to hydrolysis) is 1.